The summed E-state index contributed by atoms with van der Waals surface area (Å²) < 4.78 is 10.5. The first-order valence-electron chi connectivity index (χ1n) is 6.85. The molecule has 0 bridgehead atoms. The maximum atomic E-state index is 11.8. The minimum Gasteiger partial charge on any atom is -0.493 e. The molecule has 0 spiro atoms. The van der Waals surface area contributed by atoms with E-state index in [-0.39, 0.29) is 0 Å². The van der Waals surface area contributed by atoms with Crippen molar-refractivity contribution >= 4 is 23.0 Å². The van der Waals surface area contributed by atoms with Crippen LogP contribution < -0.4 is 10.5 Å². The first-order valence-corrected chi connectivity index (χ1v) is 7.67. The predicted molar refractivity (Wildman–Crippen MR) is 86.1 cm³/mol. The number of benzene rings is 1. The summed E-state index contributed by atoms with van der Waals surface area (Å²) in [7, 11) is 1.36. The number of rotatable bonds is 5. The zero-order valence-electron chi connectivity index (χ0n) is 12.4. The number of methoxy groups -OCH3 is 1. The maximum absolute atomic E-state index is 11.8. The van der Waals surface area contributed by atoms with Gasteiger partial charge in [-0.3, -0.25) is 0 Å². The summed E-state index contributed by atoms with van der Waals surface area (Å²) in [6.07, 6.45) is 0.745. The van der Waals surface area contributed by atoms with Crippen LogP contribution in [0.1, 0.15) is 29.1 Å². The molecule has 5 heteroatoms. The van der Waals surface area contributed by atoms with Gasteiger partial charge in [0, 0.05) is 10.4 Å². The highest BCUT2D eigenvalue weighted by atomic mass is 32.1. The van der Waals surface area contributed by atoms with Crippen LogP contribution in [0.5, 0.6) is 5.75 Å². The summed E-state index contributed by atoms with van der Waals surface area (Å²) in [4.78, 5) is 13.3. The van der Waals surface area contributed by atoms with E-state index in [2.05, 4.69) is 0 Å². The third kappa shape index (κ3) is 2.88. The van der Waals surface area contributed by atoms with Crippen molar-refractivity contribution in [3.05, 3.63) is 34.7 Å². The molecule has 0 fully saturated rings. The molecule has 0 saturated carbocycles. The molecule has 1 heterocycles. The van der Waals surface area contributed by atoms with Gasteiger partial charge in [-0.2, -0.15) is 0 Å². The lowest BCUT2D eigenvalue weighted by atomic mass is 10.1. The molecule has 0 radical (unpaired) electrons. The molecule has 0 aliphatic heterocycles. The number of anilines is 1. The molecule has 4 nitrogen and oxygen atoms in total. The number of nitrogens with two attached hydrogens (primary N) is 1. The molecule has 0 aliphatic carbocycles. The van der Waals surface area contributed by atoms with Gasteiger partial charge in [0.25, 0.3) is 0 Å². The molecule has 1 aromatic heterocycles. The number of para-hydroxylation sites is 1. The molecule has 112 valence electrons. The van der Waals surface area contributed by atoms with Gasteiger partial charge in [0.2, 0.25) is 0 Å². The van der Waals surface area contributed by atoms with Gasteiger partial charge < -0.3 is 15.2 Å². The summed E-state index contributed by atoms with van der Waals surface area (Å²) >= 11 is 1.36. The molecule has 0 amide bonds. The molecule has 1 aromatic carbocycles. The Morgan fingerprint density at radius 2 is 2.00 bits per heavy atom. The Labute approximate surface area is 128 Å². The van der Waals surface area contributed by atoms with Gasteiger partial charge in [0.15, 0.2) is 0 Å². The highest BCUT2D eigenvalue weighted by molar-refractivity contribution is 7.18. The third-order valence-electron chi connectivity index (χ3n) is 3.20. The largest absolute Gasteiger partial charge is 0.493 e. The van der Waals surface area contributed by atoms with Crippen LogP contribution in [0.4, 0.5) is 5.69 Å². The number of carbonyl (C=O) groups is 1. The van der Waals surface area contributed by atoms with Crippen LogP contribution in [0.3, 0.4) is 0 Å². The molecule has 0 atom stereocenters. The van der Waals surface area contributed by atoms with Gasteiger partial charge in [-0.1, -0.05) is 19.1 Å². The van der Waals surface area contributed by atoms with E-state index in [9.17, 15) is 4.79 Å². The van der Waals surface area contributed by atoms with Crippen LogP contribution in [0.2, 0.25) is 0 Å². The summed E-state index contributed by atoms with van der Waals surface area (Å²) in [5.41, 5.74) is 8.56. The van der Waals surface area contributed by atoms with Crippen molar-refractivity contribution in [3.8, 4) is 16.2 Å². The molecule has 0 saturated heterocycles. The number of ether oxygens (including phenoxy) is 2. The number of esters is 1. The van der Waals surface area contributed by atoms with Crippen molar-refractivity contribution in [3.63, 3.8) is 0 Å². The Balaban J connectivity index is 2.61. The van der Waals surface area contributed by atoms with Gasteiger partial charge in [-0.05, 0) is 31.0 Å². The van der Waals surface area contributed by atoms with Gasteiger partial charge in [-0.25, -0.2) is 4.79 Å². The minimum absolute atomic E-state index is 0.396. The molecule has 0 unspecified atom stereocenters. The van der Waals surface area contributed by atoms with Crippen molar-refractivity contribution < 1.29 is 14.3 Å². The Bertz CT molecular complexity index is 649. The second-order valence-electron chi connectivity index (χ2n) is 4.43. The lowest BCUT2D eigenvalue weighted by Gasteiger charge is -2.10. The average molecular weight is 305 g/mol. The summed E-state index contributed by atoms with van der Waals surface area (Å²) in [5, 5.41) is 0. The third-order valence-corrected chi connectivity index (χ3v) is 4.46. The van der Waals surface area contributed by atoms with Crippen molar-refractivity contribution in [2.45, 2.75) is 20.3 Å². The van der Waals surface area contributed by atoms with Crippen molar-refractivity contribution in [1.82, 2.24) is 0 Å². The van der Waals surface area contributed by atoms with E-state index in [1.807, 2.05) is 38.1 Å². The van der Waals surface area contributed by atoms with E-state index in [1.54, 1.807) is 0 Å². The van der Waals surface area contributed by atoms with E-state index in [0.29, 0.717) is 17.2 Å². The number of hydrogen-bond acceptors (Lipinski definition) is 5. The van der Waals surface area contributed by atoms with E-state index < -0.39 is 5.97 Å². The van der Waals surface area contributed by atoms with Gasteiger partial charge >= 0.3 is 5.97 Å². The first-order chi connectivity index (χ1) is 10.1. The van der Waals surface area contributed by atoms with Gasteiger partial charge in [0.1, 0.15) is 10.6 Å². The lowest BCUT2D eigenvalue weighted by molar-refractivity contribution is 0.0607. The van der Waals surface area contributed by atoms with E-state index in [0.717, 1.165) is 28.2 Å². The normalized spacial score (nSPS) is 10.4. The van der Waals surface area contributed by atoms with Crippen molar-refractivity contribution in [1.29, 1.82) is 0 Å². The Morgan fingerprint density at radius 1 is 1.29 bits per heavy atom. The quantitative estimate of drug-likeness (QED) is 0.855. The minimum atomic E-state index is -0.396. The standard InChI is InChI=1S/C16H19NO3S/c1-4-10-13(17)15(16(18)19-3)21-14(10)11-8-6-7-9-12(11)20-5-2/h6-9H,4-5,17H2,1-3H3. The van der Waals surface area contributed by atoms with E-state index in [1.165, 1.54) is 18.4 Å². The molecule has 21 heavy (non-hydrogen) atoms. The zero-order chi connectivity index (χ0) is 15.4. The number of hydrogen-bond donors (Lipinski definition) is 1. The number of thiophene rings is 1. The number of carbonyl (C=O) groups excluding carboxylic acids is 1. The van der Waals surface area contributed by atoms with Crippen LogP contribution in [0, 0.1) is 0 Å². The molecule has 2 rings (SSSR count). The van der Waals surface area contributed by atoms with Gasteiger partial charge in [0.05, 0.1) is 19.4 Å². The topological polar surface area (TPSA) is 61.5 Å². The van der Waals surface area contributed by atoms with Crippen LogP contribution in [-0.4, -0.2) is 19.7 Å². The van der Waals surface area contributed by atoms with Crippen LogP contribution >= 0.6 is 11.3 Å². The zero-order valence-corrected chi connectivity index (χ0v) is 13.3. The fourth-order valence-corrected chi connectivity index (χ4v) is 3.49. The molecule has 0 aliphatic rings. The SMILES string of the molecule is CCOc1ccccc1-c1sc(C(=O)OC)c(N)c1CC. The Morgan fingerprint density at radius 3 is 2.62 bits per heavy atom. The molecule has 2 aromatic rings. The lowest BCUT2D eigenvalue weighted by Crippen LogP contribution is -2.02. The second-order valence-corrected chi connectivity index (χ2v) is 5.45. The smallest absolute Gasteiger partial charge is 0.350 e. The highest BCUT2D eigenvalue weighted by Crippen LogP contribution is 2.42. The predicted octanol–water partition coefficient (Wildman–Crippen LogP) is 3.75. The molecular formula is C16H19NO3S. The van der Waals surface area contributed by atoms with Crippen LogP contribution in [0.25, 0.3) is 10.4 Å². The molecule has 2 N–H and O–H groups in total. The van der Waals surface area contributed by atoms with Crippen molar-refractivity contribution in [2.75, 3.05) is 19.5 Å². The second kappa shape index (κ2) is 6.63. The Hall–Kier alpha value is -2.01. The summed E-state index contributed by atoms with van der Waals surface area (Å²) in [6, 6.07) is 7.78. The van der Waals surface area contributed by atoms with Crippen LogP contribution in [-0.2, 0) is 11.2 Å². The van der Waals surface area contributed by atoms with Crippen molar-refractivity contribution in [2.24, 2.45) is 0 Å². The van der Waals surface area contributed by atoms with Crippen LogP contribution in [0.15, 0.2) is 24.3 Å². The van der Waals surface area contributed by atoms with Gasteiger partial charge in [-0.15, -0.1) is 11.3 Å². The first kappa shape index (κ1) is 15.4. The maximum Gasteiger partial charge on any atom is 0.350 e. The van der Waals surface area contributed by atoms with E-state index >= 15 is 0 Å². The van der Waals surface area contributed by atoms with E-state index in [4.69, 9.17) is 15.2 Å². The summed E-state index contributed by atoms with van der Waals surface area (Å²) in [5.74, 6) is 0.403. The molecular weight excluding hydrogens is 286 g/mol. The highest BCUT2D eigenvalue weighted by Gasteiger charge is 2.22. The monoisotopic (exact) mass is 305 g/mol. The number of nitrogen functional groups attached to an aromatic ring is 1. The fraction of sp³-hybridized carbons (Fsp3) is 0.312. The average Bonchev–Trinajstić information content (AvgIpc) is 2.84. The fourth-order valence-electron chi connectivity index (χ4n) is 2.23. The summed E-state index contributed by atoms with van der Waals surface area (Å²) in [6.45, 7) is 4.55. The Kier molecular flexibility index (Phi) is 4.85.